The Balaban J connectivity index is 1.33. The summed E-state index contributed by atoms with van der Waals surface area (Å²) in [6.07, 6.45) is -0.570. The molecule has 3 aromatic rings. The number of aromatic nitrogens is 1. The summed E-state index contributed by atoms with van der Waals surface area (Å²) in [5, 5.41) is 15.8. The SMILES string of the molecule is CC(NC(=O)OCC1c2ccccc2-c2ccccc21)c1nc(C(=O)NCC#CC(=O)O)cs1. The third-order valence-electron chi connectivity index (χ3n) is 5.34. The van der Waals surface area contributed by atoms with Gasteiger partial charge in [0.1, 0.15) is 17.3 Å². The van der Waals surface area contributed by atoms with E-state index >= 15 is 0 Å². The normalized spacial score (nSPS) is 12.5. The van der Waals surface area contributed by atoms with E-state index in [0.717, 1.165) is 22.3 Å². The Hall–Kier alpha value is -4.16. The van der Waals surface area contributed by atoms with Crippen LogP contribution in [0.2, 0.25) is 0 Å². The Kier molecular flexibility index (Phi) is 6.90. The van der Waals surface area contributed by atoms with Crippen LogP contribution in [0.4, 0.5) is 4.79 Å². The molecule has 0 spiro atoms. The van der Waals surface area contributed by atoms with Crippen LogP contribution in [-0.2, 0) is 9.53 Å². The highest BCUT2D eigenvalue weighted by molar-refractivity contribution is 7.09. The fraction of sp³-hybridized carbons (Fsp3) is 0.200. The molecule has 3 N–H and O–H groups in total. The summed E-state index contributed by atoms with van der Waals surface area (Å²) >= 11 is 1.22. The third-order valence-corrected chi connectivity index (χ3v) is 6.36. The van der Waals surface area contributed by atoms with Crippen LogP contribution < -0.4 is 10.6 Å². The quantitative estimate of drug-likeness (QED) is 0.469. The van der Waals surface area contributed by atoms with Crippen LogP contribution in [0.3, 0.4) is 0 Å². The molecule has 1 unspecified atom stereocenters. The van der Waals surface area contributed by atoms with Gasteiger partial charge >= 0.3 is 12.1 Å². The number of amides is 2. The Morgan fingerprint density at radius 2 is 1.76 bits per heavy atom. The van der Waals surface area contributed by atoms with E-state index in [4.69, 9.17) is 9.84 Å². The molecule has 1 aromatic heterocycles. The number of hydrogen-bond donors (Lipinski definition) is 3. The lowest BCUT2D eigenvalue weighted by Crippen LogP contribution is -2.29. The number of hydrogen-bond acceptors (Lipinski definition) is 6. The second kappa shape index (κ2) is 10.2. The van der Waals surface area contributed by atoms with Crippen LogP contribution in [0.5, 0.6) is 0 Å². The number of carboxylic acid groups (broad SMARTS) is 1. The van der Waals surface area contributed by atoms with Crippen molar-refractivity contribution in [1.29, 1.82) is 0 Å². The third kappa shape index (κ3) is 5.08. The van der Waals surface area contributed by atoms with E-state index in [1.54, 1.807) is 12.3 Å². The van der Waals surface area contributed by atoms with E-state index in [1.165, 1.54) is 11.3 Å². The van der Waals surface area contributed by atoms with E-state index in [2.05, 4.69) is 45.8 Å². The number of aliphatic carboxylic acids is 1. The molecule has 1 aliphatic rings. The maximum absolute atomic E-state index is 12.5. The Morgan fingerprint density at radius 1 is 1.12 bits per heavy atom. The van der Waals surface area contributed by atoms with Gasteiger partial charge in [0.05, 0.1) is 12.6 Å². The monoisotopic (exact) mass is 475 g/mol. The van der Waals surface area contributed by atoms with Gasteiger partial charge in [-0.1, -0.05) is 54.5 Å². The molecule has 0 saturated heterocycles. The van der Waals surface area contributed by atoms with E-state index in [9.17, 15) is 14.4 Å². The first-order chi connectivity index (χ1) is 16.4. The molecule has 0 fully saturated rings. The molecule has 2 amide bonds. The average Bonchev–Trinajstić information content (AvgIpc) is 3.44. The summed E-state index contributed by atoms with van der Waals surface area (Å²) < 4.78 is 5.56. The molecule has 1 heterocycles. The summed E-state index contributed by atoms with van der Waals surface area (Å²) in [5.41, 5.74) is 4.74. The first-order valence-electron chi connectivity index (χ1n) is 10.5. The minimum atomic E-state index is -1.27. The van der Waals surface area contributed by atoms with Gasteiger partial charge in [0.25, 0.3) is 5.91 Å². The van der Waals surface area contributed by atoms with Crippen molar-refractivity contribution in [2.24, 2.45) is 0 Å². The fourth-order valence-electron chi connectivity index (χ4n) is 3.80. The minimum Gasteiger partial charge on any atom is -0.472 e. The zero-order chi connectivity index (χ0) is 24.1. The lowest BCUT2D eigenvalue weighted by atomic mass is 9.98. The molecule has 0 aliphatic heterocycles. The zero-order valence-electron chi connectivity index (χ0n) is 18.2. The van der Waals surface area contributed by atoms with E-state index in [0.29, 0.717) is 5.01 Å². The van der Waals surface area contributed by atoms with Gasteiger partial charge in [-0.05, 0) is 29.2 Å². The van der Waals surface area contributed by atoms with Gasteiger partial charge in [-0.25, -0.2) is 14.6 Å². The van der Waals surface area contributed by atoms with Gasteiger partial charge < -0.3 is 20.5 Å². The molecule has 1 atom stereocenters. The van der Waals surface area contributed by atoms with Crippen molar-refractivity contribution >= 4 is 29.3 Å². The van der Waals surface area contributed by atoms with Crippen molar-refractivity contribution in [2.75, 3.05) is 13.2 Å². The Morgan fingerprint density at radius 3 is 2.41 bits per heavy atom. The fourth-order valence-corrected chi connectivity index (χ4v) is 4.61. The lowest BCUT2D eigenvalue weighted by molar-refractivity contribution is -0.130. The highest BCUT2D eigenvalue weighted by atomic mass is 32.1. The van der Waals surface area contributed by atoms with Crippen LogP contribution in [-0.4, -0.2) is 41.2 Å². The number of benzene rings is 2. The van der Waals surface area contributed by atoms with Gasteiger partial charge in [-0.15, -0.1) is 11.3 Å². The van der Waals surface area contributed by atoms with Crippen LogP contribution in [0.25, 0.3) is 11.1 Å². The van der Waals surface area contributed by atoms with Crippen molar-refractivity contribution in [3.05, 3.63) is 75.7 Å². The summed E-state index contributed by atoms with van der Waals surface area (Å²) in [6, 6.07) is 15.8. The lowest BCUT2D eigenvalue weighted by Gasteiger charge is -2.16. The molecule has 34 heavy (non-hydrogen) atoms. The van der Waals surface area contributed by atoms with Crippen molar-refractivity contribution in [1.82, 2.24) is 15.6 Å². The summed E-state index contributed by atoms with van der Waals surface area (Å²) in [5.74, 6) is 2.45. The van der Waals surface area contributed by atoms with Crippen molar-refractivity contribution in [2.45, 2.75) is 18.9 Å². The number of carbonyl (C=O) groups is 3. The van der Waals surface area contributed by atoms with Gasteiger partial charge in [-0.3, -0.25) is 4.79 Å². The van der Waals surface area contributed by atoms with Gasteiger partial charge in [0.2, 0.25) is 0 Å². The molecular formula is C25H21N3O5S. The standard InChI is InChI=1S/C25H21N3O5S/c1-15(24-28-21(14-34-24)23(31)26-12-6-11-22(29)30)27-25(32)33-13-20-18-9-4-2-7-16(18)17-8-3-5-10-19(17)20/h2-5,7-10,14-15,20H,12-13H2,1H3,(H,26,31)(H,27,32)(H,29,30). The Bertz CT molecular complexity index is 1260. The molecule has 8 nitrogen and oxygen atoms in total. The van der Waals surface area contributed by atoms with E-state index in [-0.39, 0.29) is 24.8 Å². The molecular weight excluding hydrogens is 454 g/mol. The van der Waals surface area contributed by atoms with Crippen molar-refractivity contribution < 1.29 is 24.2 Å². The maximum Gasteiger partial charge on any atom is 0.407 e. The summed E-state index contributed by atoms with van der Waals surface area (Å²) in [6.45, 7) is 1.85. The van der Waals surface area contributed by atoms with Crippen molar-refractivity contribution in [3.8, 4) is 23.0 Å². The number of thiazole rings is 1. The predicted octanol–water partition coefficient (Wildman–Crippen LogP) is 3.56. The molecule has 9 heteroatoms. The molecule has 0 bridgehead atoms. The van der Waals surface area contributed by atoms with Gasteiger partial charge in [-0.2, -0.15) is 0 Å². The van der Waals surface area contributed by atoms with E-state index < -0.39 is 24.0 Å². The largest absolute Gasteiger partial charge is 0.472 e. The van der Waals surface area contributed by atoms with Gasteiger partial charge in [0, 0.05) is 17.2 Å². The molecule has 2 aromatic carbocycles. The molecule has 4 rings (SSSR count). The Labute approximate surface area is 200 Å². The summed E-state index contributed by atoms with van der Waals surface area (Å²) in [7, 11) is 0. The van der Waals surface area contributed by atoms with E-state index in [1.807, 2.05) is 30.2 Å². The van der Waals surface area contributed by atoms with Crippen LogP contribution in [0.15, 0.2) is 53.9 Å². The number of alkyl carbamates (subject to hydrolysis) is 1. The first kappa shape index (κ1) is 23.0. The molecule has 172 valence electrons. The minimum absolute atomic E-state index is 0.0344. The number of rotatable bonds is 6. The predicted molar refractivity (Wildman–Crippen MR) is 126 cm³/mol. The molecule has 0 saturated carbocycles. The summed E-state index contributed by atoms with van der Waals surface area (Å²) in [4.78, 5) is 39.2. The first-order valence-corrected chi connectivity index (χ1v) is 11.4. The van der Waals surface area contributed by atoms with Crippen molar-refractivity contribution in [3.63, 3.8) is 0 Å². The molecule has 1 aliphatic carbocycles. The number of nitrogens with zero attached hydrogens (tertiary/aromatic N) is 1. The average molecular weight is 476 g/mol. The maximum atomic E-state index is 12.5. The topological polar surface area (TPSA) is 118 Å². The van der Waals surface area contributed by atoms with Crippen LogP contribution >= 0.6 is 11.3 Å². The molecule has 0 radical (unpaired) electrons. The van der Waals surface area contributed by atoms with Crippen LogP contribution in [0.1, 0.15) is 45.5 Å². The number of carbonyl (C=O) groups excluding carboxylic acids is 2. The second-order valence-electron chi connectivity index (χ2n) is 7.55. The number of carboxylic acids is 1. The number of nitrogens with one attached hydrogen (secondary N) is 2. The highest BCUT2D eigenvalue weighted by Gasteiger charge is 2.29. The zero-order valence-corrected chi connectivity index (χ0v) is 19.0. The van der Waals surface area contributed by atoms with Crippen LogP contribution in [0, 0.1) is 11.8 Å². The number of ether oxygens (including phenoxy) is 1. The van der Waals surface area contributed by atoms with Gasteiger partial charge in [0.15, 0.2) is 0 Å². The number of fused-ring (bicyclic) bond motifs is 3. The highest BCUT2D eigenvalue weighted by Crippen LogP contribution is 2.44. The smallest absolute Gasteiger partial charge is 0.407 e. The second-order valence-corrected chi connectivity index (χ2v) is 8.44.